The molecule has 0 amide bonds. The molecule has 6 heteroatoms. The molecular formula is C11H11F4NO. The Hall–Kier alpha value is -1.46. The molecule has 0 spiro atoms. The zero-order valence-corrected chi connectivity index (χ0v) is 8.89. The molecule has 1 heterocycles. The molecule has 0 saturated carbocycles. The van der Waals surface area contributed by atoms with Crippen molar-refractivity contribution in [3.05, 3.63) is 23.5 Å². The second-order valence-corrected chi connectivity index (χ2v) is 3.98. The molecule has 1 aromatic carbocycles. The first kappa shape index (κ1) is 12.0. The lowest BCUT2D eigenvalue weighted by molar-refractivity contribution is -0.141. The molecule has 1 saturated heterocycles. The Labute approximate surface area is 95.5 Å². The fraction of sp³-hybridized carbons (Fsp3) is 0.455. The van der Waals surface area contributed by atoms with Crippen LogP contribution in [0.5, 0.6) is 5.75 Å². The Morgan fingerprint density at radius 3 is 2.24 bits per heavy atom. The number of hydrogen-bond donors (Lipinski definition) is 1. The summed E-state index contributed by atoms with van der Waals surface area (Å²) in [6.45, 7) is 1.16. The number of hydrogen-bond acceptors (Lipinski definition) is 2. The van der Waals surface area contributed by atoms with E-state index in [0.29, 0.717) is 13.1 Å². The summed E-state index contributed by atoms with van der Waals surface area (Å²) >= 11 is 0. The number of nitrogens with zero attached hydrogens (tertiary/aromatic N) is 1. The first-order valence-electron chi connectivity index (χ1n) is 5.25. The van der Waals surface area contributed by atoms with E-state index < -0.39 is 23.3 Å². The van der Waals surface area contributed by atoms with Crippen LogP contribution in [0.3, 0.4) is 0 Å². The largest absolute Gasteiger partial charge is 0.505 e. The van der Waals surface area contributed by atoms with Crippen LogP contribution >= 0.6 is 0 Å². The Balaban J connectivity index is 2.49. The molecule has 0 aliphatic carbocycles. The molecule has 0 unspecified atom stereocenters. The molecule has 1 fully saturated rings. The minimum Gasteiger partial charge on any atom is -0.505 e. The number of halogens is 4. The van der Waals surface area contributed by atoms with Gasteiger partial charge in [-0.2, -0.15) is 13.2 Å². The van der Waals surface area contributed by atoms with Gasteiger partial charge in [0.1, 0.15) is 11.4 Å². The lowest BCUT2D eigenvalue weighted by Crippen LogP contribution is -2.19. The van der Waals surface area contributed by atoms with Crippen LogP contribution in [0.4, 0.5) is 23.2 Å². The van der Waals surface area contributed by atoms with Gasteiger partial charge in [0, 0.05) is 13.1 Å². The summed E-state index contributed by atoms with van der Waals surface area (Å²) in [5.74, 6) is -2.46. The monoisotopic (exact) mass is 249 g/mol. The normalized spacial score (nSPS) is 16.6. The molecule has 94 valence electrons. The molecule has 1 N–H and O–H groups in total. The predicted octanol–water partition coefficient (Wildman–Crippen LogP) is 3.15. The number of phenols is 1. The molecule has 0 atom stereocenters. The van der Waals surface area contributed by atoms with Crippen molar-refractivity contribution in [2.45, 2.75) is 19.0 Å². The lowest BCUT2D eigenvalue weighted by Gasteiger charge is -2.21. The molecule has 17 heavy (non-hydrogen) atoms. The van der Waals surface area contributed by atoms with Gasteiger partial charge in [0.25, 0.3) is 0 Å². The zero-order chi connectivity index (χ0) is 12.6. The lowest BCUT2D eigenvalue weighted by atomic mass is 10.1. The van der Waals surface area contributed by atoms with Gasteiger partial charge in [-0.25, -0.2) is 4.39 Å². The van der Waals surface area contributed by atoms with Gasteiger partial charge < -0.3 is 10.0 Å². The van der Waals surface area contributed by atoms with Crippen LogP contribution in [-0.4, -0.2) is 18.2 Å². The SMILES string of the molecule is Oc1c(N2CCCC2)ccc(F)c1C(F)(F)F. The number of anilines is 1. The molecule has 0 radical (unpaired) electrons. The highest BCUT2D eigenvalue weighted by Crippen LogP contribution is 2.43. The van der Waals surface area contributed by atoms with Crippen LogP contribution in [0.25, 0.3) is 0 Å². The first-order chi connectivity index (χ1) is 7.91. The maximum Gasteiger partial charge on any atom is 0.422 e. The van der Waals surface area contributed by atoms with Crippen molar-refractivity contribution in [1.29, 1.82) is 0 Å². The molecule has 0 bridgehead atoms. The molecular weight excluding hydrogens is 238 g/mol. The molecule has 1 aliphatic rings. The van der Waals surface area contributed by atoms with Crippen LogP contribution in [-0.2, 0) is 6.18 Å². The van der Waals surface area contributed by atoms with Crippen LogP contribution in [0.1, 0.15) is 18.4 Å². The third-order valence-electron chi connectivity index (χ3n) is 2.84. The van der Waals surface area contributed by atoms with E-state index in [4.69, 9.17) is 0 Å². The molecule has 0 aromatic heterocycles. The van der Waals surface area contributed by atoms with Gasteiger partial charge >= 0.3 is 6.18 Å². The van der Waals surface area contributed by atoms with E-state index in [1.165, 1.54) is 6.07 Å². The van der Waals surface area contributed by atoms with E-state index in [9.17, 15) is 22.7 Å². The third-order valence-corrected chi connectivity index (χ3v) is 2.84. The molecule has 2 rings (SSSR count). The smallest absolute Gasteiger partial charge is 0.422 e. The second-order valence-electron chi connectivity index (χ2n) is 3.98. The summed E-state index contributed by atoms with van der Waals surface area (Å²) < 4.78 is 50.8. The van der Waals surface area contributed by atoms with Crippen LogP contribution < -0.4 is 4.90 Å². The number of aromatic hydroxyl groups is 1. The Morgan fingerprint density at radius 2 is 1.71 bits per heavy atom. The highest BCUT2D eigenvalue weighted by Gasteiger charge is 2.39. The molecule has 2 nitrogen and oxygen atoms in total. The average molecular weight is 249 g/mol. The fourth-order valence-corrected chi connectivity index (χ4v) is 2.04. The van der Waals surface area contributed by atoms with Crippen molar-refractivity contribution < 1.29 is 22.7 Å². The van der Waals surface area contributed by atoms with Gasteiger partial charge in [0.15, 0.2) is 5.75 Å². The van der Waals surface area contributed by atoms with E-state index in [1.807, 2.05) is 0 Å². The number of benzene rings is 1. The van der Waals surface area contributed by atoms with Gasteiger partial charge in [-0.1, -0.05) is 0 Å². The maximum atomic E-state index is 13.1. The van der Waals surface area contributed by atoms with Crippen molar-refractivity contribution >= 4 is 5.69 Å². The summed E-state index contributed by atoms with van der Waals surface area (Å²) in [7, 11) is 0. The van der Waals surface area contributed by atoms with Crippen molar-refractivity contribution in [2.24, 2.45) is 0 Å². The highest BCUT2D eigenvalue weighted by atomic mass is 19.4. The van der Waals surface area contributed by atoms with Gasteiger partial charge in [0.05, 0.1) is 5.69 Å². The van der Waals surface area contributed by atoms with Crippen molar-refractivity contribution in [3.63, 3.8) is 0 Å². The Morgan fingerprint density at radius 1 is 1.12 bits per heavy atom. The minimum absolute atomic E-state index is 0.0521. The van der Waals surface area contributed by atoms with Gasteiger partial charge in [0.2, 0.25) is 0 Å². The molecule has 1 aliphatic heterocycles. The van der Waals surface area contributed by atoms with E-state index in [0.717, 1.165) is 18.9 Å². The fourth-order valence-electron chi connectivity index (χ4n) is 2.04. The van der Waals surface area contributed by atoms with Gasteiger partial charge in [-0.15, -0.1) is 0 Å². The van der Waals surface area contributed by atoms with Crippen LogP contribution in [0, 0.1) is 5.82 Å². The summed E-state index contributed by atoms with van der Waals surface area (Å²) in [6.07, 6.45) is -3.17. The number of rotatable bonds is 1. The van der Waals surface area contributed by atoms with E-state index >= 15 is 0 Å². The minimum atomic E-state index is -4.89. The van der Waals surface area contributed by atoms with E-state index in [1.54, 1.807) is 4.90 Å². The van der Waals surface area contributed by atoms with E-state index in [-0.39, 0.29) is 5.69 Å². The second kappa shape index (κ2) is 4.09. The summed E-state index contributed by atoms with van der Waals surface area (Å²) in [5, 5.41) is 9.56. The molecule has 1 aromatic rings. The zero-order valence-electron chi connectivity index (χ0n) is 8.89. The summed E-state index contributed by atoms with van der Waals surface area (Å²) in [6, 6.07) is 1.93. The van der Waals surface area contributed by atoms with Crippen molar-refractivity contribution in [2.75, 3.05) is 18.0 Å². The van der Waals surface area contributed by atoms with Crippen molar-refractivity contribution in [3.8, 4) is 5.75 Å². The van der Waals surface area contributed by atoms with Crippen molar-refractivity contribution in [1.82, 2.24) is 0 Å². The highest BCUT2D eigenvalue weighted by molar-refractivity contribution is 5.62. The van der Waals surface area contributed by atoms with Crippen LogP contribution in [0.15, 0.2) is 12.1 Å². The van der Waals surface area contributed by atoms with Crippen LogP contribution in [0.2, 0.25) is 0 Å². The van der Waals surface area contributed by atoms with E-state index in [2.05, 4.69) is 0 Å². The summed E-state index contributed by atoms with van der Waals surface area (Å²) in [5.41, 5.74) is -1.53. The Bertz CT molecular complexity index is 424. The predicted molar refractivity (Wildman–Crippen MR) is 54.5 cm³/mol. The quantitative estimate of drug-likeness (QED) is 0.773. The first-order valence-corrected chi connectivity index (χ1v) is 5.25. The Kier molecular flexibility index (Phi) is 2.89. The van der Waals surface area contributed by atoms with Gasteiger partial charge in [-0.3, -0.25) is 0 Å². The number of alkyl halides is 3. The topological polar surface area (TPSA) is 23.5 Å². The third kappa shape index (κ3) is 2.16. The summed E-state index contributed by atoms with van der Waals surface area (Å²) in [4.78, 5) is 1.63. The maximum absolute atomic E-state index is 13.1. The van der Waals surface area contributed by atoms with Gasteiger partial charge in [-0.05, 0) is 25.0 Å². The average Bonchev–Trinajstić information content (AvgIpc) is 2.68. The number of phenolic OH excluding ortho intramolecular Hbond substituents is 1. The standard InChI is InChI=1S/C11H11F4NO/c12-7-3-4-8(16-5-1-2-6-16)10(17)9(7)11(13,14)15/h3-4,17H,1-2,5-6H2.